The van der Waals surface area contributed by atoms with Crippen LogP contribution in [0.1, 0.15) is 11.1 Å². The third-order valence-corrected chi connectivity index (χ3v) is 6.93. The van der Waals surface area contributed by atoms with Gasteiger partial charge in [0, 0.05) is 11.9 Å². The molecule has 0 atom stereocenters. The van der Waals surface area contributed by atoms with Crippen molar-refractivity contribution in [2.45, 2.75) is 23.6 Å². The molecular weight excluding hydrogens is 396 g/mol. The molecule has 28 heavy (non-hydrogen) atoms. The van der Waals surface area contributed by atoms with Gasteiger partial charge in [-0.1, -0.05) is 12.1 Å². The highest BCUT2D eigenvalue weighted by Gasteiger charge is 2.22. The quantitative estimate of drug-likeness (QED) is 0.497. The maximum atomic E-state index is 12.6. The van der Waals surface area contributed by atoms with Gasteiger partial charge in [0.15, 0.2) is 0 Å². The van der Waals surface area contributed by atoms with Gasteiger partial charge < -0.3 is 10.1 Å². The minimum Gasteiger partial charge on any atom is -0.491 e. The second-order valence-corrected chi connectivity index (χ2v) is 9.26. The lowest BCUT2D eigenvalue weighted by Crippen LogP contribution is -2.39. The number of sulfonamides is 1. The Morgan fingerprint density at radius 1 is 1.14 bits per heavy atom. The molecule has 0 spiro atoms. The van der Waals surface area contributed by atoms with Crippen LogP contribution in [-0.2, 0) is 14.8 Å². The van der Waals surface area contributed by atoms with Crippen molar-refractivity contribution in [3.63, 3.8) is 0 Å². The number of carbonyl (C=O) groups excluding carboxylic acids is 1. The van der Waals surface area contributed by atoms with Gasteiger partial charge >= 0.3 is 0 Å². The Labute approximate surface area is 171 Å². The minimum absolute atomic E-state index is 0.166. The van der Waals surface area contributed by atoms with E-state index in [2.05, 4.69) is 5.32 Å². The van der Waals surface area contributed by atoms with E-state index in [9.17, 15) is 13.2 Å². The van der Waals surface area contributed by atoms with Crippen LogP contribution >= 0.6 is 11.8 Å². The van der Waals surface area contributed by atoms with Gasteiger partial charge in [0.25, 0.3) is 0 Å². The number of thioether (sulfide) groups is 1. The van der Waals surface area contributed by atoms with Crippen molar-refractivity contribution < 1.29 is 17.9 Å². The molecule has 0 aliphatic carbocycles. The monoisotopic (exact) mass is 422 g/mol. The van der Waals surface area contributed by atoms with E-state index >= 15 is 0 Å². The predicted octanol–water partition coefficient (Wildman–Crippen LogP) is 2.84. The number of rotatable bonds is 9. The van der Waals surface area contributed by atoms with Gasteiger partial charge in [-0.05, 0) is 61.6 Å². The second kappa shape index (κ2) is 9.95. The maximum Gasteiger partial charge on any atom is 0.243 e. The van der Waals surface area contributed by atoms with E-state index in [1.165, 1.54) is 18.8 Å². The fraction of sp³-hybridized carbons (Fsp3) is 0.350. The lowest BCUT2D eigenvalue weighted by molar-refractivity contribution is -0.121. The van der Waals surface area contributed by atoms with E-state index in [1.54, 1.807) is 24.3 Å². The van der Waals surface area contributed by atoms with Crippen molar-refractivity contribution >= 4 is 27.7 Å². The fourth-order valence-corrected chi connectivity index (χ4v) is 4.04. The summed E-state index contributed by atoms with van der Waals surface area (Å²) in [4.78, 5) is 13.2. The van der Waals surface area contributed by atoms with E-state index in [-0.39, 0.29) is 17.3 Å². The highest BCUT2D eigenvalue weighted by molar-refractivity contribution is 7.98. The van der Waals surface area contributed by atoms with E-state index in [0.29, 0.717) is 13.2 Å². The Kier molecular flexibility index (Phi) is 7.91. The first-order valence-corrected chi connectivity index (χ1v) is 11.5. The molecule has 152 valence electrons. The summed E-state index contributed by atoms with van der Waals surface area (Å²) in [5, 5.41) is 2.69. The van der Waals surface area contributed by atoms with Crippen LogP contribution in [0.4, 0.5) is 0 Å². The largest absolute Gasteiger partial charge is 0.491 e. The first-order chi connectivity index (χ1) is 13.3. The Morgan fingerprint density at radius 3 is 2.46 bits per heavy atom. The van der Waals surface area contributed by atoms with Crippen LogP contribution in [0.3, 0.4) is 0 Å². The van der Waals surface area contributed by atoms with E-state index < -0.39 is 10.0 Å². The van der Waals surface area contributed by atoms with Crippen molar-refractivity contribution in [2.24, 2.45) is 0 Å². The Morgan fingerprint density at radius 2 is 1.82 bits per heavy atom. The molecule has 0 heterocycles. The molecule has 1 N–H and O–H groups in total. The van der Waals surface area contributed by atoms with Crippen LogP contribution in [-0.4, -0.2) is 51.6 Å². The van der Waals surface area contributed by atoms with Gasteiger partial charge in [0.1, 0.15) is 12.4 Å². The summed E-state index contributed by atoms with van der Waals surface area (Å²) in [5.41, 5.74) is 2.20. The molecule has 0 saturated carbocycles. The van der Waals surface area contributed by atoms with E-state index in [4.69, 9.17) is 4.74 Å². The molecule has 6 nitrogen and oxygen atoms in total. The molecule has 2 rings (SSSR count). The van der Waals surface area contributed by atoms with Crippen molar-refractivity contribution in [2.75, 3.05) is 33.0 Å². The normalized spacial score (nSPS) is 11.5. The Hall–Kier alpha value is -2.03. The molecule has 0 bridgehead atoms. The highest BCUT2D eigenvalue weighted by atomic mass is 32.2. The van der Waals surface area contributed by atoms with Crippen LogP contribution in [0.25, 0.3) is 0 Å². The molecule has 0 aliphatic heterocycles. The molecule has 0 saturated heterocycles. The number of nitrogens with zero attached hydrogens (tertiary/aromatic N) is 1. The SMILES string of the molecule is CSc1ccc(S(=O)(=O)N(C)CC(=O)NCCOc2cccc(C)c2C)cc1. The first kappa shape index (κ1) is 22.3. The number of hydrogen-bond donors (Lipinski definition) is 1. The number of ether oxygens (including phenoxy) is 1. The summed E-state index contributed by atoms with van der Waals surface area (Å²) >= 11 is 1.53. The van der Waals surface area contributed by atoms with Gasteiger partial charge in [-0.15, -0.1) is 11.8 Å². The van der Waals surface area contributed by atoms with Gasteiger partial charge in [-0.2, -0.15) is 4.31 Å². The number of hydrogen-bond acceptors (Lipinski definition) is 5. The molecule has 2 aromatic rings. The molecule has 0 aromatic heterocycles. The third kappa shape index (κ3) is 5.73. The summed E-state index contributed by atoms with van der Waals surface area (Å²) in [6.45, 7) is 4.34. The standard InChI is InChI=1S/C20H26N2O4S2/c1-15-6-5-7-19(16(15)2)26-13-12-21-20(23)14-22(3)28(24,25)18-10-8-17(27-4)9-11-18/h5-11H,12-14H2,1-4H3,(H,21,23). The Balaban J connectivity index is 1.83. The number of likely N-dealkylation sites (N-methyl/N-ethyl adjacent to an activating group) is 1. The summed E-state index contributed by atoms with van der Waals surface area (Å²) in [7, 11) is -2.32. The highest BCUT2D eigenvalue weighted by Crippen LogP contribution is 2.21. The van der Waals surface area contributed by atoms with Crippen molar-refractivity contribution in [3.05, 3.63) is 53.6 Å². The summed E-state index contributed by atoms with van der Waals surface area (Å²) < 4.78 is 31.9. The van der Waals surface area contributed by atoms with Crippen LogP contribution in [0.2, 0.25) is 0 Å². The zero-order valence-electron chi connectivity index (χ0n) is 16.6. The van der Waals surface area contributed by atoms with Crippen LogP contribution in [0.15, 0.2) is 52.3 Å². The number of aryl methyl sites for hydroxylation is 1. The molecule has 2 aromatic carbocycles. The Bertz CT molecular complexity index is 912. The second-order valence-electron chi connectivity index (χ2n) is 6.33. The minimum atomic E-state index is -3.71. The average molecular weight is 423 g/mol. The third-order valence-electron chi connectivity index (χ3n) is 4.37. The lowest BCUT2D eigenvalue weighted by Gasteiger charge is -2.17. The predicted molar refractivity (Wildman–Crippen MR) is 112 cm³/mol. The van der Waals surface area contributed by atoms with Crippen LogP contribution in [0.5, 0.6) is 5.75 Å². The number of amides is 1. The van der Waals surface area contributed by atoms with Crippen molar-refractivity contribution in [1.82, 2.24) is 9.62 Å². The van der Waals surface area contributed by atoms with Crippen molar-refractivity contribution in [3.8, 4) is 5.75 Å². The van der Waals surface area contributed by atoms with Gasteiger partial charge in [-0.25, -0.2) is 8.42 Å². The lowest BCUT2D eigenvalue weighted by atomic mass is 10.1. The summed E-state index contributed by atoms with van der Waals surface area (Å²) in [6, 6.07) is 12.4. The molecule has 0 unspecified atom stereocenters. The molecule has 8 heteroatoms. The van der Waals surface area contributed by atoms with Gasteiger partial charge in [-0.3, -0.25) is 4.79 Å². The molecule has 0 radical (unpaired) electrons. The smallest absolute Gasteiger partial charge is 0.243 e. The van der Waals surface area contributed by atoms with E-state index in [1.807, 2.05) is 38.3 Å². The summed E-state index contributed by atoms with van der Waals surface area (Å²) in [5.74, 6) is 0.402. The van der Waals surface area contributed by atoms with Gasteiger partial charge in [0.05, 0.1) is 18.0 Å². The average Bonchev–Trinajstić information content (AvgIpc) is 2.68. The van der Waals surface area contributed by atoms with E-state index in [0.717, 1.165) is 26.1 Å². The molecule has 0 fully saturated rings. The molecule has 0 aliphatic rings. The zero-order valence-corrected chi connectivity index (χ0v) is 18.2. The van der Waals surface area contributed by atoms with Crippen LogP contribution in [0, 0.1) is 13.8 Å². The molecule has 1 amide bonds. The maximum absolute atomic E-state index is 12.6. The zero-order chi connectivity index (χ0) is 20.7. The number of carbonyl (C=O) groups is 1. The molecular formula is C20H26N2O4S2. The summed E-state index contributed by atoms with van der Waals surface area (Å²) in [6.07, 6.45) is 1.92. The number of nitrogens with one attached hydrogen (secondary N) is 1. The fourth-order valence-electron chi connectivity index (χ4n) is 2.50. The van der Waals surface area contributed by atoms with Gasteiger partial charge in [0.2, 0.25) is 15.9 Å². The van der Waals surface area contributed by atoms with Crippen molar-refractivity contribution in [1.29, 1.82) is 0 Å². The topological polar surface area (TPSA) is 75.7 Å². The van der Waals surface area contributed by atoms with Crippen LogP contribution < -0.4 is 10.1 Å². The number of benzene rings is 2. The first-order valence-electron chi connectivity index (χ1n) is 8.82.